The molecule has 2 aromatic heterocycles. The molecule has 9 heteroatoms. The third-order valence-electron chi connectivity index (χ3n) is 4.09. The van der Waals surface area contributed by atoms with Gasteiger partial charge in [0.1, 0.15) is 5.82 Å². The van der Waals surface area contributed by atoms with Gasteiger partial charge in [0.15, 0.2) is 0 Å². The molecule has 1 unspecified atom stereocenters. The third kappa shape index (κ3) is 4.69. The Balaban J connectivity index is 1.46. The largest absolute Gasteiger partial charge is 0.344 e. The second kappa shape index (κ2) is 8.97. The Morgan fingerprint density at radius 3 is 2.76 bits per heavy atom. The van der Waals surface area contributed by atoms with Gasteiger partial charge in [-0.1, -0.05) is 54.2 Å². The molecule has 2 aromatic carbocycles. The Morgan fingerprint density at radius 2 is 2.00 bits per heavy atom. The van der Waals surface area contributed by atoms with Crippen molar-refractivity contribution >= 4 is 29.0 Å². The molecule has 0 spiro atoms. The first-order valence-corrected chi connectivity index (χ1v) is 10.6. The van der Waals surface area contributed by atoms with Crippen LogP contribution >= 0.6 is 23.1 Å². The van der Waals surface area contributed by atoms with Crippen LogP contribution in [0.3, 0.4) is 0 Å². The summed E-state index contributed by atoms with van der Waals surface area (Å²) in [6, 6.07) is 19.5. The monoisotopic (exact) mass is 425 g/mol. The maximum Gasteiger partial charge on any atom is 0.231 e. The van der Waals surface area contributed by atoms with E-state index >= 15 is 0 Å². The maximum atomic E-state index is 13.5. The van der Waals surface area contributed by atoms with E-state index < -0.39 is 0 Å². The highest BCUT2D eigenvalue weighted by Gasteiger charge is 2.19. The van der Waals surface area contributed by atoms with Crippen molar-refractivity contribution in [3.05, 3.63) is 88.4 Å². The number of nitrogens with one attached hydrogen (secondary N) is 1. The highest BCUT2D eigenvalue weighted by atomic mass is 32.2. The van der Waals surface area contributed by atoms with Crippen molar-refractivity contribution in [1.82, 2.24) is 25.5 Å². The van der Waals surface area contributed by atoms with Crippen LogP contribution in [0, 0.1) is 5.82 Å². The van der Waals surface area contributed by atoms with E-state index in [-0.39, 0.29) is 23.5 Å². The first-order valence-electron chi connectivity index (χ1n) is 8.75. The molecule has 0 aliphatic rings. The Labute approximate surface area is 174 Å². The summed E-state index contributed by atoms with van der Waals surface area (Å²) in [5.41, 5.74) is 1.51. The van der Waals surface area contributed by atoms with E-state index in [4.69, 9.17) is 0 Å². The van der Waals surface area contributed by atoms with E-state index in [9.17, 15) is 9.18 Å². The van der Waals surface area contributed by atoms with Crippen LogP contribution in [0.1, 0.15) is 16.5 Å². The zero-order chi connectivity index (χ0) is 20.1. The molecule has 1 N–H and O–H groups in total. The lowest BCUT2D eigenvalue weighted by atomic mass is 10.1. The van der Waals surface area contributed by atoms with Crippen molar-refractivity contribution in [2.75, 3.05) is 5.75 Å². The van der Waals surface area contributed by atoms with Crippen LogP contribution in [-0.4, -0.2) is 31.9 Å². The van der Waals surface area contributed by atoms with Crippen LogP contribution in [0.15, 0.2) is 77.3 Å². The van der Waals surface area contributed by atoms with Gasteiger partial charge in [-0.05, 0) is 45.6 Å². The molecule has 0 saturated carbocycles. The summed E-state index contributed by atoms with van der Waals surface area (Å²) in [5.74, 6) is -0.399. The summed E-state index contributed by atoms with van der Waals surface area (Å²) in [5, 5.41) is 17.0. The lowest BCUT2D eigenvalue weighted by molar-refractivity contribution is -0.119. The van der Waals surface area contributed by atoms with Crippen LogP contribution in [0.2, 0.25) is 0 Å². The van der Waals surface area contributed by atoms with Gasteiger partial charge in [-0.2, -0.15) is 4.68 Å². The molecule has 29 heavy (non-hydrogen) atoms. The number of nitrogens with zero attached hydrogens (tertiary/aromatic N) is 4. The maximum absolute atomic E-state index is 13.5. The fourth-order valence-corrected chi connectivity index (χ4v) is 4.30. The summed E-state index contributed by atoms with van der Waals surface area (Å²) in [4.78, 5) is 13.7. The number of carbonyl (C=O) groups is 1. The highest BCUT2D eigenvalue weighted by Crippen LogP contribution is 2.26. The van der Waals surface area contributed by atoms with Gasteiger partial charge >= 0.3 is 0 Å². The molecule has 6 nitrogen and oxygen atoms in total. The van der Waals surface area contributed by atoms with E-state index in [1.807, 2.05) is 47.8 Å². The number of tetrazole rings is 1. The lowest BCUT2D eigenvalue weighted by Gasteiger charge is -2.18. The second-order valence-corrected chi connectivity index (χ2v) is 7.99. The van der Waals surface area contributed by atoms with Gasteiger partial charge in [-0.15, -0.1) is 16.4 Å². The molecular formula is C20H16FN5OS2. The smallest absolute Gasteiger partial charge is 0.231 e. The Hall–Kier alpha value is -3.04. The molecule has 4 aromatic rings. The highest BCUT2D eigenvalue weighted by molar-refractivity contribution is 7.99. The normalized spacial score (nSPS) is 11.9. The predicted molar refractivity (Wildman–Crippen MR) is 111 cm³/mol. The number of benzene rings is 2. The van der Waals surface area contributed by atoms with Gasteiger partial charge in [-0.3, -0.25) is 4.79 Å². The van der Waals surface area contributed by atoms with Crippen LogP contribution in [0.4, 0.5) is 4.39 Å². The quantitative estimate of drug-likeness (QED) is 0.455. The van der Waals surface area contributed by atoms with E-state index in [0.717, 1.165) is 10.4 Å². The number of thiophene rings is 1. The molecule has 0 saturated heterocycles. The van der Waals surface area contributed by atoms with Gasteiger partial charge in [0.25, 0.3) is 0 Å². The number of aromatic nitrogens is 4. The van der Waals surface area contributed by atoms with Crippen molar-refractivity contribution in [2.45, 2.75) is 11.2 Å². The van der Waals surface area contributed by atoms with Gasteiger partial charge < -0.3 is 5.32 Å². The molecule has 0 bridgehead atoms. The van der Waals surface area contributed by atoms with Crippen LogP contribution in [0.25, 0.3) is 5.69 Å². The summed E-state index contributed by atoms with van der Waals surface area (Å²) < 4.78 is 14.9. The van der Waals surface area contributed by atoms with Crippen LogP contribution in [0.5, 0.6) is 0 Å². The Kier molecular flexibility index (Phi) is 5.97. The number of hydrogen-bond acceptors (Lipinski definition) is 6. The fourth-order valence-electron chi connectivity index (χ4n) is 2.79. The predicted octanol–water partition coefficient (Wildman–Crippen LogP) is 3.86. The molecule has 0 fully saturated rings. The molecule has 1 atom stereocenters. The first kappa shape index (κ1) is 19.3. The van der Waals surface area contributed by atoms with Gasteiger partial charge in [0.2, 0.25) is 11.1 Å². The zero-order valence-electron chi connectivity index (χ0n) is 15.1. The fraction of sp³-hybridized carbons (Fsp3) is 0.100. The lowest BCUT2D eigenvalue weighted by Crippen LogP contribution is -2.30. The molecule has 0 aliphatic carbocycles. The van der Waals surface area contributed by atoms with Crippen molar-refractivity contribution in [2.24, 2.45) is 0 Å². The molecule has 4 rings (SSSR count). The van der Waals surface area contributed by atoms with Crippen molar-refractivity contribution in [3.63, 3.8) is 0 Å². The van der Waals surface area contributed by atoms with Crippen LogP contribution in [-0.2, 0) is 4.79 Å². The minimum atomic E-state index is -0.381. The number of hydrogen-bond donors (Lipinski definition) is 1. The van der Waals surface area contributed by atoms with E-state index in [1.54, 1.807) is 23.5 Å². The summed E-state index contributed by atoms with van der Waals surface area (Å²) in [6.07, 6.45) is 0. The van der Waals surface area contributed by atoms with E-state index in [2.05, 4.69) is 20.8 Å². The summed E-state index contributed by atoms with van der Waals surface area (Å²) in [7, 11) is 0. The minimum absolute atomic E-state index is 0.129. The topological polar surface area (TPSA) is 72.7 Å². The number of rotatable bonds is 7. The SMILES string of the molecule is O=C(CSc1nnnn1-c1cccc(F)c1)NC(c1ccccc1)c1cccs1. The van der Waals surface area contributed by atoms with E-state index in [1.165, 1.54) is 28.6 Å². The molecule has 1 amide bonds. The van der Waals surface area contributed by atoms with Gasteiger partial charge in [0.05, 0.1) is 17.5 Å². The number of carbonyl (C=O) groups excluding carboxylic acids is 1. The Morgan fingerprint density at radius 1 is 1.14 bits per heavy atom. The number of halogens is 1. The summed E-state index contributed by atoms with van der Waals surface area (Å²) in [6.45, 7) is 0. The third-order valence-corrected chi connectivity index (χ3v) is 5.95. The number of amides is 1. The molecular weight excluding hydrogens is 409 g/mol. The first-order chi connectivity index (χ1) is 14.2. The zero-order valence-corrected chi connectivity index (χ0v) is 16.7. The molecule has 2 heterocycles. The van der Waals surface area contributed by atoms with Crippen molar-refractivity contribution in [3.8, 4) is 5.69 Å². The van der Waals surface area contributed by atoms with Crippen molar-refractivity contribution < 1.29 is 9.18 Å². The number of thioether (sulfide) groups is 1. The Bertz CT molecular complexity index is 1090. The van der Waals surface area contributed by atoms with Crippen LogP contribution < -0.4 is 5.32 Å². The standard InChI is InChI=1S/C20H16FN5OS2/c21-15-8-4-9-16(12-15)26-20(23-24-25-26)29-13-18(27)22-19(17-10-5-11-28-17)14-6-2-1-3-7-14/h1-12,19H,13H2,(H,22,27). The average molecular weight is 426 g/mol. The minimum Gasteiger partial charge on any atom is -0.344 e. The molecule has 0 radical (unpaired) electrons. The van der Waals surface area contributed by atoms with E-state index in [0.29, 0.717) is 10.8 Å². The summed E-state index contributed by atoms with van der Waals surface area (Å²) >= 11 is 2.78. The van der Waals surface area contributed by atoms with Crippen molar-refractivity contribution in [1.29, 1.82) is 0 Å². The second-order valence-electron chi connectivity index (χ2n) is 6.07. The van der Waals surface area contributed by atoms with Gasteiger partial charge in [-0.25, -0.2) is 4.39 Å². The average Bonchev–Trinajstić information content (AvgIpc) is 3.43. The molecule has 146 valence electrons. The van der Waals surface area contributed by atoms with Gasteiger partial charge in [0, 0.05) is 4.88 Å². The molecule has 0 aliphatic heterocycles.